The van der Waals surface area contributed by atoms with Gasteiger partial charge in [0.15, 0.2) is 0 Å². The summed E-state index contributed by atoms with van der Waals surface area (Å²) in [7, 11) is 2.14. The number of benzene rings is 2. The molecular formula is C33H40ClN7O4. The van der Waals surface area contributed by atoms with Crippen LogP contribution in [0.1, 0.15) is 43.9 Å². The summed E-state index contributed by atoms with van der Waals surface area (Å²) in [5, 5.41) is 19.3. The maximum atomic E-state index is 12.6. The van der Waals surface area contributed by atoms with Crippen LogP contribution in [0.5, 0.6) is 6.01 Å². The molecule has 2 atom stereocenters. The number of hydrogen-bond acceptors (Lipinski definition) is 9. The molecular weight excluding hydrogens is 594 g/mol. The quantitative estimate of drug-likeness (QED) is 0.375. The zero-order valence-corrected chi connectivity index (χ0v) is 26.6. The van der Waals surface area contributed by atoms with Gasteiger partial charge >= 0.3 is 6.01 Å². The summed E-state index contributed by atoms with van der Waals surface area (Å²) in [6.45, 7) is 6.46. The molecule has 0 saturated carbocycles. The molecule has 3 aliphatic rings. The van der Waals surface area contributed by atoms with Gasteiger partial charge in [0.25, 0.3) is 6.47 Å². The number of carbonyl (C=O) groups is 2. The summed E-state index contributed by atoms with van der Waals surface area (Å²) in [5.41, 5.74) is 3.17. The number of halogens is 1. The van der Waals surface area contributed by atoms with Gasteiger partial charge in [-0.05, 0) is 50.4 Å². The summed E-state index contributed by atoms with van der Waals surface area (Å²) in [4.78, 5) is 39.8. The number of aromatic nitrogens is 2. The van der Waals surface area contributed by atoms with Crippen molar-refractivity contribution in [1.82, 2.24) is 19.8 Å². The molecule has 0 bridgehead atoms. The van der Waals surface area contributed by atoms with Crippen molar-refractivity contribution in [3.63, 3.8) is 0 Å². The number of carbonyl (C=O) groups excluding carboxylic acids is 1. The highest BCUT2D eigenvalue weighted by Gasteiger charge is 2.34. The van der Waals surface area contributed by atoms with E-state index in [4.69, 9.17) is 36.2 Å². The molecule has 45 heavy (non-hydrogen) atoms. The van der Waals surface area contributed by atoms with Crippen molar-refractivity contribution in [3.05, 3.63) is 52.7 Å². The molecule has 0 aliphatic carbocycles. The van der Waals surface area contributed by atoms with Gasteiger partial charge in [-0.15, -0.1) is 0 Å². The third-order valence-corrected chi connectivity index (χ3v) is 9.32. The van der Waals surface area contributed by atoms with E-state index in [9.17, 15) is 10.1 Å². The number of nitrogens with zero attached hydrogens (tertiary/aromatic N) is 7. The number of likely N-dealkylation sites (tertiary alicyclic amines) is 1. The van der Waals surface area contributed by atoms with Crippen LogP contribution in [0.25, 0.3) is 10.8 Å². The predicted molar refractivity (Wildman–Crippen MR) is 174 cm³/mol. The molecule has 4 heterocycles. The Kier molecular flexibility index (Phi) is 10.6. The van der Waals surface area contributed by atoms with E-state index < -0.39 is 0 Å². The van der Waals surface area contributed by atoms with Gasteiger partial charge in [-0.2, -0.15) is 15.2 Å². The van der Waals surface area contributed by atoms with E-state index in [1.54, 1.807) is 0 Å². The first kappa shape index (κ1) is 32.3. The van der Waals surface area contributed by atoms with Gasteiger partial charge in [0.05, 0.1) is 35.8 Å². The summed E-state index contributed by atoms with van der Waals surface area (Å²) in [6.07, 6.45) is 3.78. The fourth-order valence-electron chi connectivity index (χ4n) is 6.68. The minimum atomic E-state index is -0.250. The molecule has 1 aromatic heterocycles. The molecule has 0 unspecified atom stereocenters. The number of likely N-dealkylation sites (N-methyl/N-ethyl adjacent to an activating group) is 1. The first-order chi connectivity index (χ1) is 21.9. The molecule has 3 aromatic rings. The van der Waals surface area contributed by atoms with Crippen LogP contribution in [0.2, 0.25) is 5.02 Å². The first-order valence-electron chi connectivity index (χ1n) is 15.5. The molecule has 238 valence electrons. The Bertz CT molecular complexity index is 1560. The van der Waals surface area contributed by atoms with E-state index in [2.05, 4.69) is 52.1 Å². The maximum absolute atomic E-state index is 12.6. The average molecular weight is 634 g/mol. The Morgan fingerprint density at radius 3 is 2.62 bits per heavy atom. The SMILES string of the molecule is CCC(=O)N1CCN(c2nc(OC[C@@H]3CCCN3C)nc3c2CCN(c2cccc4cccc(Cl)c24)C3)C[C@@H]1CC#N.O=CO. The van der Waals surface area contributed by atoms with E-state index in [1.165, 1.54) is 6.42 Å². The molecule has 12 heteroatoms. The molecule has 1 amide bonds. The number of ether oxygens (including phenoxy) is 1. The summed E-state index contributed by atoms with van der Waals surface area (Å²) >= 11 is 6.70. The minimum absolute atomic E-state index is 0.0914. The molecule has 6 rings (SSSR count). The van der Waals surface area contributed by atoms with Gasteiger partial charge in [-0.3, -0.25) is 9.59 Å². The molecule has 1 N–H and O–H groups in total. The fraction of sp³-hybridized carbons (Fsp3) is 0.485. The molecule has 2 saturated heterocycles. The number of fused-ring (bicyclic) bond motifs is 2. The van der Waals surface area contributed by atoms with Crippen molar-refractivity contribution in [2.24, 2.45) is 0 Å². The van der Waals surface area contributed by atoms with Crippen molar-refractivity contribution >= 4 is 46.3 Å². The van der Waals surface area contributed by atoms with Gasteiger partial charge in [0.1, 0.15) is 12.4 Å². The topological polar surface area (TPSA) is 126 Å². The Hall–Kier alpha value is -4.14. The van der Waals surface area contributed by atoms with Crippen LogP contribution >= 0.6 is 11.6 Å². The summed E-state index contributed by atoms with van der Waals surface area (Å²) in [6, 6.07) is 15.2. The predicted octanol–water partition coefficient (Wildman–Crippen LogP) is 4.36. The number of piperazine rings is 1. The zero-order chi connectivity index (χ0) is 31.9. The van der Waals surface area contributed by atoms with Crippen LogP contribution in [0, 0.1) is 11.3 Å². The summed E-state index contributed by atoms with van der Waals surface area (Å²) in [5.74, 6) is 0.964. The Balaban J connectivity index is 0.00000128. The average Bonchev–Trinajstić information content (AvgIpc) is 3.47. The van der Waals surface area contributed by atoms with E-state index >= 15 is 0 Å². The number of nitriles is 1. The third-order valence-electron chi connectivity index (χ3n) is 9.00. The van der Waals surface area contributed by atoms with Crippen LogP contribution < -0.4 is 14.5 Å². The standard InChI is InChI=1S/C32H38ClN7O2.CH2O2/c1-3-29(41)40-18-17-39(19-23(40)12-14-34)31-25-13-16-38(28-11-5-8-22-7-4-10-26(33)30(22)28)20-27(25)35-32(36-31)42-21-24-9-6-15-37(24)2;2-1-3/h4-5,7-8,10-11,23-24H,3,6,9,12-13,15-21H2,1-2H3;1H,(H,2,3)/t23-,24-;/m0./s1. The summed E-state index contributed by atoms with van der Waals surface area (Å²) < 4.78 is 6.29. The van der Waals surface area contributed by atoms with Gasteiger partial charge in [-0.1, -0.05) is 42.8 Å². The zero-order valence-electron chi connectivity index (χ0n) is 25.9. The lowest BCUT2D eigenvalue weighted by Gasteiger charge is -2.42. The number of amides is 1. The van der Waals surface area contributed by atoms with Gasteiger partial charge < -0.3 is 29.4 Å². The number of carboxylic acid groups (broad SMARTS) is 1. The highest BCUT2D eigenvalue weighted by Crippen LogP contribution is 2.37. The lowest BCUT2D eigenvalue weighted by molar-refractivity contribution is -0.133. The van der Waals surface area contributed by atoms with Crippen LogP contribution in [-0.4, -0.2) is 95.7 Å². The van der Waals surface area contributed by atoms with E-state index in [-0.39, 0.29) is 18.4 Å². The van der Waals surface area contributed by atoms with Crippen LogP contribution in [0.15, 0.2) is 36.4 Å². The number of anilines is 2. The second kappa shape index (κ2) is 14.8. The normalized spacial score (nSPS) is 19.8. The van der Waals surface area contributed by atoms with Gasteiger partial charge in [0.2, 0.25) is 5.91 Å². The molecule has 0 spiro atoms. The molecule has 0 radical (unpaired) electrons. The Labute approximate surface area is 268 Å². The number of hydrogen-bond donors (Lipinski definition) is 1. The maximum Gasteiger partial charge on any atom is 0.318 e. The fourth-order valence-corrected chi connectivity index (χ4v) is 6.96. The smallest absolute Gasteiger partial charge is 0.318 e. The Morgan fingerprint density at radius 2 is 1.91 bits per heavy atom. The minimum Gasteiger partial charge on any atom is -0.483 e. The van der Waals surface area contributed by atoms with Crippen molar-refractivity contribution in [1.29, 1.82) is 5.26 Å². The molecule has 2 fully saturated rings. The van der Waals surface area contributed by atoms with Crippen LogP contribution in [0.4, 0.5) is 11.5 Å². The van der Waals surface area contributed by atoms with Crippen molar-refractivity contribution in [3.8, 4) is 12.1 Å². The lowest BCUT2D eigenvalue weighted by atomic mass is 10.0. The molecule has 11 nitrogen and oxygen atoms in total. The van der Waals surface area contributed by atoms with Crippen molar-refractivity contribution in [2.45, 2.75) is 57.7 Å². The molecule has 3 aliphatic heterocycles. The highest BCUT2D eigenvalue weighted by molar-refractivity contribution is 6.36. The Morgan fingerprint density at radius 1 is 1.13 bits per heavy atom. The van der Waals surface area contributed by atoms with Crippen LogP contribution in [-0.2, 0) is 22.6 Å². The second-order valence-electron chi connectivity index (χ2n) is 11.6. The molecule has 2 aromatic carbocycles. The van der Waals surface area contributed by atoms with Crippen molar-refractivity contribution in [2.75, 3.05) is 56.2 Å². The van der Waals surface area contributed by atoms with Crippen LogP contribution in [0.3, 0.4) is 0 Å². The highest BCUT2D eigenvalue weighted by atomic mass is 35.5. The number of rotatable bonds is 7. The van der Waals surface area contributed by atoms with E-state index in [1.807, 2.05) is 24.0 Å². The van der Waals surface area contributed by atoms with Gasteiger partial charge in [-0.25, -0.2) is 0 Å². The van der Waals surface area contributed by atoms with Crippen molar-refractivity contribution < 1.29 is 19.4 Å². The third kappa shape index (κ3) is 7.08. The lowest BCUT2D eigenvalue weighted by Crippen LogP contribution is -2.55. The second-order valence-corrected chi connectivity index (χ2v) is 12.0. The monoisotopic (exact) mass is 633 g/mol. The largest absolute Gasteiger partial charge is 0.483 e. The van der Waals surface area contributed by atoms with E-state index in [0.717, 1.165) is 64.5 Å². The first-order valence-corrected chi connectivity index (χ1v) is 15.9. The van der Waals surface area contributed by atoms with Gasteiger partial charge in [0, 0.05) is 55.3 Å². The van der Waals surface area contributed by atoms with E-state index in [0.29, 0.717) is 57.7 Å².